The van der Waals surface area contributed by atoms with Crippen molar-refractivity contribution in [3.8, 4) is 11.4 Å². The van der Waals surface area contributed by atoms with E-state index in [4.69, 9.17) is 4.98 Å². The fraction of sp³-hybridized carbons (Fsp3) is 0.111. The highest BCUT2D eigenvalue weighted by atomic mass is 16.1. The largest absolute Gasteiger partial charge is 0.361 e. The van der Waals surface area contributed by atoms with Crippen LogP contribution in [0.5, 0.6) is 0 Å². The second kappa shape index (κ2) is 4.46. The second-order valence-corrected chi connectivity index (χ2v) is 5.80. The van der Waals surface area contributed by atoms with E-state index in [-0.39, 0.29) is 5.91 Å². The maximum Gasteiger partial charge on any atom is 0.253 e. The van der Waals surface area contributed by atoms with Crippen LogP contribution in [0.15, 0.2) is 48.7 Å². The Kier molecular flexibility index (Phi) is 2.42. The minimum absolute atomic E-state index is 0.0272. The zero-order valence-electron chi connectivity index (χ0n) is 12.3. The monoisotopic (exact) mass is 302 g/mol. The molecule has 2 aromatic carbocycles. The molecule has 0 aliphatic carbocycles. The number of carbonyl (C=O) groups is 1. The van der Waals surface area contributed by atoms with Gasteiger partial charge >= 0.3 is 0 Å². The van der Waals surface area contributed by atoms with Gasteiger partial charge in [0.25, 0.3) is 5.91 Å². The van der Waals surface area contributed by atoms with Crippen LogP contribution in [0, 0.1) is 0 Å². The molecule has 0 spiro atoms. The molecule has 1 aliphatic rings. The number of fused-ring (bicyclic) bond motifs is 1. The van der Waals surface area contributed by atoms with E-state index in [9.17, 15) is 4.79 Å². The fourth-order valence-corrected chi connectivity index (χ4v) is 3.37. The van der Waals surface area contributed by atoms with Crippen LogP contribution in [0.4, 0.5) is 0 Å². The quantitative estimate of drug-likeness (QED) is 0.568. The van der Waals surface area contributed by atoms with E-state index in [1.807, 2.05) is 24.4 Å². The average Bonchev–Trinajstić information content (AvgIpc) is 3.13. The van der Waals surface area contributed by atoms with E-state index in [0.29, 0.717) is 12.1 Å². The Bertz CT molecular complexity index is 1070. The molecule has 5 rings (SSSR count). The molecule has 1 amide bonds. The molecule has 3 heterocycles. The number of rotatable bonds is 1. The summed E-state index contributed by atoms with van der Waals surface area (Å²) >= 11 is 0. The summed E-state index contributed by atoms with van der Waals surface area (Å²) in [5, 5.41) is 4.13. The van der Waals surface area contributed by atoms with E-state index in [1.54, 1.807) is 0 Å². The molecule has 5 nitrogen and oxygen atoms in total. The van der Waals surface area contributed by atoms with Gasteiger partial charge in [-0.3, -0.25) is 4.79 Å². The lowest BCUT2D eigenvalue weighted by Crippen LogP contribution is -2.24. The van der Waals surface area contributed by atoms with E-state index in [1.165, 1.54) is 5.39 Å². The number of aromatic nitrogens is 3. The number of imidazole rings is 1. The lowest BCUT2D eigenvalue weighted by Gasteiger charge is -2.07. The van der Waals surface area contributed by atoms with Gasteiger partial charge in [0.1, 0.15) is 5.82 Å². The van der Waals surface area contributed by atoms with Crippen molar-refractivity contribution in [3.63, 3.8) is 0 Å². The van der Waals surface area contributed by atoms with E-state index >= 15 is 0 Å². The minimum atomic E-state index is -0.0272. The first-order valence-corrected chi connectivity index (χ1v) is 7.66. The maximum atomic E-state index is 12.2. The van der Waals surface area contributed by atoms with Crippen LogP contribution in [0.25, 0.3) is 33.3 Å². The fourth-order valence-electron chi connectivity index (χ4n) is 3.37. The normalized spacial score (nSPS) is 14.2. The summed E-state index contributed by atoms with van der Waals surface area (Å²) in [7, 11) is 0. The molecule has 4 aromatic rings. The molecule has 112 valence electrons. The summed E-state index contributed by atoms with van der Waals surface area (Å²) in [4.78, 5) is 20.3. The first-order valence-electron chi connectivity index (χ1n) is 7.66. The van der Waals surface area contributed by atoms with Gasteiger partial charge in [0.15, 0.2) is 0 Å². The van der Waals surface area contributed by atoms with Crippen molar-refractivity contribution < 1.29 is 4.79 Å². The van der Waals surface area contributed by atoms with Crippen molar-refractivity contribution in [1.29, 1.82) is 0 Å². The number of para-hydroxylation sites is 1. The number of amides is 1. The van der Waals surface area contributed by atoms with Gasteiger partial charge in [0.2, 0.25) is 0 Å². The molecule has 0 bridgehead atoms. The Morgan fingerprint density at radius 2 is 2.09 bits per heavy atom. The lowest BCUT2D eigenvalue weighted by atomic mass is 10.1. The van der Waals surface area contributed by atoms with Crippen LogP contribution >= 0.6 is 0 Å². The van der Waals surface area contributed by atoms with Crippen molar-refractivity contribution in [2.45, 2.75) is 6.54 Å². The first kappa shape index (κ1) is 12.5. The van der Waals surface area contributed by atoms with Crippen LogP contribution in [-0.2, 0) is 6.54 Å². The van der Waals surface area contributed by atoms with Crippen LogP contribution in [0.2, 0.25) is 0 Å². The predicted octanol–water partition coefficient (Wildman–Crippen LogP) is 2.93. The van der Waals surface area contributed by atoms with E-state index < -0.39 is 0 Å². The second-order valence-electron chi connectivity index (χ2n) is 5.80. The molecule has 2 aromatic heterocycles. The smallest absolute Gasteiger partial charge is 0.253 e. The van der Waals surface area contributed by atoms with Gasteiger partial charge in [-0.25, -0.2) is 4.98 Å². The zero-order valence-corrected chi connectivity index (χ0v) is 12.3. The van der Waals surface area contributed by atoms with Crippen molar-refractivity contribution in [2.24, 2.45) is 0 Å². The van der Waals surface area contributed by atoms with Crippen molar-refractivity contribution in [3.05, 3.63) is 54.2 Å². The van der Waals surface area contributed by atoms with Gasteiger partial charge in [-0.15, -0.1) is 0 Å². The number of nitrogens with zero attached hydrogens (tertiary/aromatic N) is 2. The molecule has 0 fully saturated rings. The summed E-state index contributed by atoms with van der Waals surface area (Å²) in [5.74, 6) is 0.876. The molecule has 0 saturated heterocycles. The van der Waals surface area contributed by atoms with E-state index in [2.05, 4.69) is 39.1 Å². The average molecular weight is 302 g/mol. The summed E-state index contributed by atoms with van der Waals surface area (Å²) in [6.07, 6.45) is 1.94. The molecule has 1 aliphatic heterocycles. The highest BCUT2D eigenvalue weighted by Gasteiger charge is 2.21. The lowest BCUT2D eigenvalue weighted by molar-refractivity contribution is 0.0956. The SMILES string of the molecule is O=C1NCCn2c(-c3ccc4cc[nH]c4c3)nc3cccc1c32. The van der Waals surface area contributed by atoms with Crippen LogP contribution in [0.1, 0.15) is 10.4 Å². The maximum absolute atomic E-state index is 12.2. The topological polar surface area (TPSA) is 62.7 Å². The summed E-state index contributed by atoms with van der Waals surface area (Å²) in [5.41, 5.74) is 4.62. The third-order valence-corrected chi connectivity index (χ3v) is 4.45. The third-order valence-electron chi connectivity index (χ3n) is 4.45. The van der Waals surface area contributed by atoms with Gasteiger partial charge < -0.3 is 14.9 Å². The highest BCUT2D eigenvalue weighted by molar-refractivity contribution is 6.06. The van der Waals surface area contributed by atoms with Gasteiger partial charge in [-0.1, -0.05) is 18.2 Å². The Morgan fingerprint density at radius 1 is 1.13 bits per heavy atom. The standard InChI is InChI=1S/C18H14N4O/c23-18-13-2-1-3-14-16(13)22(9-8-20-18)17(21-14)12-5-4-11-6-7-19-15(11)10-12/h1-7,10,19H,8-9H2,(H,20,23). The molecule has 23 heavy (non-hydrogen) atoms. The molecule has 0 saturated carbocycles. The zero-order chi connectivity index (χ0) is 15.4. The molecule has 0 atom stereocenters. The molecule has 2 N–H and O–H groups in total. The van der Waals surface area contributed by atoms with Gasteiger partial charge in [-0.05, 0) is 29.7 Å². The summed E-state index contributed by atoms with van der Waals surface area (Å²) < 4.78 is 2.15. The summed E-state index contributed by atoms with van der Waals surface area (Å²) in [6, 6.07) is 14.0. The number of aromatic amines is 1. The van der Waals surface area contributed by atoms with Gasteiger partial charge in [0.05, 0.1) is 16.6 Å². The summed E-state index contributed by atoms with van der Waals surface area (Å²) in [6.45, 7) is 1.33. The van der Waals surface area contributed by atoms with E-state index in [0.717, 1.165) is 34.5 Å². The predicted molar refractivity (Wildman–Crippen MR) is 89.4 cm³/mol. The third kappa shape index (κ3) is 1.73. The number of benzene rings is 2. The molecule has 0 unspecified atom stereocenters. The Hall–Kier alpha value is -3.08. The van der Waals surface area contributed by atoms with Gasteiger partial charge in [0, 0.05) is 30.4 Å². The van der Waals surface area contributed by atoms with Crippen LogP contribution < -0.4 is 5.32 Å². The minimum Gasteiger partial charge on any atom is -0.361 e. The first-order chi connectivity index (χ1) is 11.3. The van der Waals surface area contributed by atoms with Gasteiger partial charge in [-0.2, -0.15) is 0 Å². The highest BCUT2D eigenvalue weighted by Crippen LogP contribution is 2.29. The molecule has 5 heteroatoms. The molecular weight excluding hydrogens is 288 g/mol. The van der Waals surface area contributed by atoms with Crippen LogP contribution in [0.3, 0.4) is 0 Å². The number of hydrogen-bond acceptors (Lipinski definition) is 2. The van der Waals surface area contributed by atoms with Crippen molar-refractivity contribution >= 4 is 27.8 Å². The number of hydrogen-bond donors (Lipinski definition) is 2. The Labute approximate surface area is 132 Å². The molecule has 0 radical (unpaired) electrons. The number of H-pyrrole nitrogens is 1. The van der Waals surface area contributed by atoms with Crippen LogP contribution in [-0.4, -0.2) is 27.0 Å². The number of carbonyl (C=O) groups excluding carboxylic acids is 1. The Balaban J connectivity index is 1.83. The van der Waals surface area contributed by atoms with Crippen molar-refractivity contribution in [2.75, 3.05) is 6.54 Å². The Morgan fingerprint density at radius 3 is 3.04 bits per heavy atom. The van der Waals surface area contributed by atoms with Crippen molar-refractivity contribution in [1.82, 2.24) is 19.9 Å². The number of nitrogens with one attached hydrogen (secondary N) is 2. The molecular formula is C18H14N4O.